The fourth-order valence-electron chi connectivity index (χ4n) is 1.81. The Hall–Kier alpha value is -1.40. The Morgan fingerprint density at radius 2 is 1.76 bits per heavy atom. The molecule has 0 saturated heterocycles. The smallest absolute Gasteiger partial charge is 0.224 e. The molecule has 0 aromatic carbocycles. The molecule has 3 atom stereocenters. The van der Waals surface area contributed by atoms with Crippen LogP contribution in [0, 0.1) is 11.8 Å². The second-order valence-corrected chi connectivity index (χ2v) is 5.62. The van der Waals surface area contributed by atoms with Crippen molar-refractivity contribution in [2.45, 2.75) is 45.7 Å². The highest BCUT2D eigenvalue weighted by Gasteiger charge is 2.24. The van der Waals surface area contributed by atoms with Gasteiger partial charge in [-0.1, -0.05) is 19.9 Å². The van der Waals surface area contributed by atoms with Crippen LogP contribution < -0.4 is 10.6 Å². The summed E-state index contributed by atoms with van der Waals surface area (Å²) in [5, 5.41) is 23.5. The molecule has 0 rings (SSSR count). The SMILES string of the molecule is C=CC[C@H](CC(=O)N[C@H](C)CO)C(=O)N[C@H](CO)C(C)C. The number of hydrogen-bond donors (Lipinski definition) is 4. The van der Waals surface area contributed by atoms with Gasteiger partial charge >= 0.3 is 0 Å². The number of aliphatic hydroxyl groups is 2. The van der Waals surface area contributed by atoms with Gasteiger partial charge in [-0.25, -0.2) is 0 Å². The first-order valence-electron chi connectivity index (χ1n) is 7.28. The van der Waals surface area contributed by atoms with Crippen molar-refractivity contribution in [1.29, 1.82) is 0 Å². The van der Waals surface area contributed by atoms with E-state index >= 15 is 0 Å². The third-order valence-electron chi connectivity index (χ3n) is 3.26. The Balaban J connectivity index is 4.62. The third kappa shape index (κ3) is 7.82. The summed E-state index contributed by atoms with van der Waals surface area (Å²) < 4.78 is 0. The van der Waals surface area contributed by atoms with Gasteiger partial charge in [0, 0.05) is 12.5 Å². The summed E-state index contributed by atoms with van der Waals surface area (Å²) in [4.78, 5) is 24.0. The summed E-state index contributed by atoms with van der Waals surface area (Å²) in [7, 11) is 0. The summed E-state index contributed by atoms with van der Waals surface area (Å²) in [6.07, 6.45) is 2.00. The van der Waals surface area contributed by atoms with E-state index in [4.69, 9.17) is 5.11 Å². The van der Waals surface area contributed by atoms with E-state index in [2.05, 4.69) is 17.2 Å². The Kier molecular flexibility index (Phi) is 9.65. The Labute approximate surface area is 126 Å². The van der Waals surface area contributed by atoms with Gasteiger partial charge in [-0.2, -0.15) is 0 Å². The summed E-state index contributed by atoms with van der Waals surface area (Å²) in [5.41, 5.74) is 0. The predicted octanol–water partition coefficient (Wildman–Crippen LogP) is 0.199. The molecule has 122 valence electrons. The van der Waals surface area contributed by atoms with Gasteiger partial charge in [0.25, 0.3) is 0 Å². The van der Waals surface area contributed by atoms with E-state index in [0.717, 1.165) is 0 Å². The summed E-state index contributed by atoms with van der Waals surface area (Å²) in [6.45, 7) is 8.80. The number of carbonyl (C=O) groups excluding carboxylic acids is 2. The highest BCUT2D eigenvalue weighted by atomic mass is 16.3. The Bertz CT molecular complexity index is 345. The molecule has 4 N–H and O–H groups in total. The molecule has 0 heterocycles. The molecule has 0 aliphatic carbocycles. The van der Waals surface area contributed by atoms with Gasteiger partial charge in [-0.15, -0.1) is 6.58 Å². The standard InChI is InChI=1S/C15H28N2O4/c1-5-6-12(7-14(20)16-11(4)8-18)15(21)17-13(9-19)10(2)3/h5,10-13,18-19H,1,6-9H2,2-4H3,(H,16,20)(H,17,21)/t11-,12-,13-/m1/s1. The number of aliphatic hydroxyl groups excluding tert-OH is 2. The summed E-state index contributed by atoms with van der Waals surface area (Å²) in [6, 6.07) is -0.671. The normalized spacial score (nSPS) is 15.1. The number of amides is 2. The van der Waals surface area contributed by atoms with Crippen molar-refractivity contribution >= 4 is 11.8 Å². The van der Waals surface area contributed by atoms with Crippen molar-refractivity contribution in [1.82, 2.24) is 10.6 Å². The Morgan fingerprint density at radius 3 is 2.19 bits per heavy atom. The fraction of sp³-hybridized carbons (Fsp3) is 0.733. The molecular weight excluding hydrogens is 272 g/mol. The van der Waals surface area contributed by atoms with Crippen molar-refractivity contribution < 1.29 is 19.8 Å². The minimum atomic E-state index is -0.527. The van der Waals surface area contributed by atoms with E-state index in [1.807, 2.05) is 13.8 Å². The van der Waals surface area contributed by atoms with E-state index in [-0.39, 0.29) is 49.5 Å². The van der Waals surface area contributed by atoms with Gasteiger partial charge < -0.3 is 20.8 Å². The van der Waals surface area contributed by atoms with Crippen LogP contribution in [0.5, 0.6) is 0 Å². The predicted molar refractivity (Wildman–Crippen MR) is 81.5 cm³/mol. The number of carbonyl (C=O) groups is 2. The van der Waals surface area contributed by atoms with Gasteiger partial charge in [0.15, 0.2) is 0 Å². The summed E-state index contributed by atoms with van der Waals surface area (Å²) >= 11 is 0. The molecule has 0 bridgehead atoms. The molecule has 6 heteroatoms. The maximum atomic E-state index is 12.2. The lowest BCUT2D eigenvalue weighted by atomic mass is 9.97. The van der Waals surface area contributed by atoms with Crippen molar-refractivity contribution in [2.24, 2.45) is 11.8 Å². The molecule has 2 amide bonds. The average Bonchev–Trinajstić information content (AvgIpc) is 2.43. The maximum Gasteiger partial charge on any atom is 0.224 e. The van der Waals surface area contributed by atoms with Gasteiger partial charge in [0.05, 0.1) is 25.2 Å². The molecule has 0 aromatic rings. The number of hydrogen-bond acceptors (Lipinski definition) is 4. The van der Waals surface area contributed by atoms with Crippen LogP contribution in [0.3, 0.4) is 0 Å². The second kappa shape index (κ2) is 10.3. The molecule has 0 fully saturated rings. The van der Waals surface area contributed by atoms with Crippen LogP contribution in [0.25, 0.3) is 0 Å². The average molecular weight is 300 g/mol. The number of rotatable bonds is 10. The molecule has 0 spiro atoms. The summed E-state index contributed by atoms with van der Waals surface area (Å²) in [5.74, 6) is -0.981. The van der Waals surface area contributed by atoms with Crippen LogP contribution >= 0.6 is 0 Å². The largest absolute Gasteiger partial charge is 0.394 e. The molecule has 6 nitrogen and oxygen atoms in total. The molecule has 0 aliphatic heterocycles. The van der Waals surface area contributed by atoms with Crippen LogP contribution in [0.2, 0.25) is 0 Å². The lowest BCUT2D eigenvalue weighted by Crippen LogP contribution is -2.45. The first-order chi connectivity index (χ1) is 9.85. The van der Waals surface area contributed by atoms with E-state index in [0.29, 0.717) is 6.42 Å². The van der Waals surface area contributed by atoms with Crippen LogP contribution in [0.4, 0.5) is 0 Å². The van der Waals surface area contributed by atoms with Gasteiger partial charge in [-0.05, 0) is 19.3 Å². The lowest BCUT2D eigenvalue weighted by Gasteiger charge is -2.23. The highest BCUT2D eigenvalue weighted by molar-refractivity contribution is 5.86. The van der Waals surface area contributed by atoms with Crippen molar-refractivity contribution in [2.75, 3.05) is 13.2 Å². The number of allylic oxidation sites excluding steroid dienone is 1. The van der Waals surface area contributed by atoms with Gasteiger partial charge in [0.1, 0.15) is 0 Å². The molecule has 0 radical (unpaired) electrons. The minimum Gasteiger partial charge on any atom is -0.394 e. The maximum absolute atomic E-state index is 12.2. The minimum absolute atomic E-state index is 0.0262. The lowest BCUT2D eigenvalue weighted by molar-refractivity contribution is -0.131. The first-order valence-corrected chi connectivity index (χ1v) is 7.28. The zero-order valence-corrected chi connectivity index (χ0v) is 13.1. The monoisotopic (exact) mass is 300 g/mol. The molecule has 0 aliphatic rings. The zero-order valence-electron chi connectivity index (χ0n) is 13.1. The van der Waals surface area contributed by atoms with Crippen LogP contribution in [0.15, 0.2) is 12.7 Å². The molecule has 0 saturated carbocycles. The van der Waals surface area contributed by atoms with Gasteiger partial charge in [-0.3, -0.25) is 9.59 Å². The molecular formula is C15H28N2O4. The van der Waals surface area contributed by atoms with Crippen LogP contribution in [-0.4, -0.2) is 47.3 Å². The number of nitrogens with one attached hydrogen (secondary N) is 2. The highest BCUT2D eigenvalue weighted by Crippen LogP contribution is 2.12. The van der Waals surface area contributed by atoms with Crippen molar-refractivity contribution in [3.05, 3.63) is 12.7 Å². The van der Waals surface area contributed by atoms with Crippen LogP contribution in [0.1, 0.15) is 33.6 Å². The fourth-order valence-corrected chi connectivity index (χ4v) is 1.81. The van der Waals surface area contributed by atoms with E-state index in [9.17, 15) is 14.7 Å². The van der Waals surface area contributed by atoms with Crippen molar-refractivity contribution in [3.63, 3.8) is 0 Å². The second-order valence-electron chi connectivity index (χ2n) is 5.62. The molecule has 21 heavy (non-hydrogen) atoms. The van der Waals surface area contributed by atoms with Crippen LogP contribution in [-0.2, 0) is 9.59 Å². The third-order valence-corrected chi connectivity index (χ3v) is 3.26. The topological polar surface area (TPSA) is 98.7 Å². The van der Waals surface area contributed by atoms with Crippen molar-refractivity contribution in [3.8, 4) is 0 Å². The van der Waals surface area contributed by atoms with E-state index in [1.54, 1.807) is 13.0 Å². The zero-order chi connectivity index (χ0) is 16.4. The molecule has 0 unspecified atom stereocenters. The molecule has 0 aromatic heterocycles. The van der Waals surface area contributed by atoms with E-state index < -0.39 is 5.92 Å². The Morgan fingerprint density at radius 1 is 1.14 bits per heavy atom. The van der Waals surface area contributed by atoms with E-state index in [1.165, 1.54) is 0 Å². The quantitative estimate of drug-likeness (QED) is 0.433. The van der Waals surface area contributed by atoms with Gasteiger partial charge in [0.2, 0.25) is 11.8 Å². The first kappa shape index (κ1) is 19.6.